The second kappa shape index (κ2) is 8.76. The van der Waals surface area contributed by atoms with Gasteiger partial charge in [-0.25, -0.2) is 0 Å². The fraction of sp³-hybridized carbons (Fsp3) is 0.478. The molecule has 3 aliphatic heterocycles. The highest BCUT2D eigenvalue weighted by molar-refractivity contribution is 6.01. The maximum Gasteiger partial charge on any atom is 0.418 e. The Labute approximate surface area is 200 Å². The van der Waals surface area contributed by atoms with Crippen LogP contribution in [0.2, 0.25) is 0 Å². The van der Waals surface area contributed by atoms with E-state index in [2.05, 4.69) is 25.9 Å². The number of benzene rings is 1. The first kappa shape index (κ1) is 23.5. The van der Waals surface area contributed by atoms with Gasteiger partial charge in [0.25, 0.3) is 5.91 Å². The number of H-pyrrole nitrogens is 1. The van der Waals surface area contributed by atoms with E-state index in [0.29, 0.717) is 62.9 Å². The zero-order valence-corrected chi connectivity index (χ0v) is 19.4. The number of halogens is 3. The maximum atomic E-state index is 13.6. The normalized spacial score (nSPS) is 21.5. The Balaban J connectivity index is 1.47. The standard InChI is InChI=1S/C23H27F3N6O3/c1-3-28-22(2)17-15(23(24,25)26)12-27-19(17)30-21(31-22)29-16-5-4-14(13-6-9-35-18(13)16)20(33)32-7-10-34-11-8-32/h4-5,12,27-28H,3,6-11H2,1-2H3,(H2,29,30,31). The molecule has 1 unspecified atom stereocenters. The molecular weight excluding hydrogens is 465 g/mol. The maximum absolute atomic E-state index is 13.6. The summed E-state index contributed by atoms with van der Waals surface area (Å²) in [6, 6.07) is 3.49. The van der Waals surface area contributed by atoms with Crippen molar-refractivity contribution < 1.29 is 27.4 Å². The molecule has 4 heterocycles. The molecule has 4 N–H and O–H groups in total. The number of guanidine groups is 1. The van der Waals surface area contributed by atoms with E-state index in [1.807, 2.05) is 6.92 Å². The molecule has 1 aromatic heterocycles. The molecule has 1 saturated heterocycles. The van der Waals surface area contributed by atoms with Gasteiger partial charge in [0.2, 0.25) is 5.96 Å². The molecule has 9 nitrogen and oxygen atoms in total. The molecule has 35 heavy (non-hydrogen) atoms. The van der Waals surface area contributed by atoms with Crippen LogP contribution in [0.15, 0.2) is 23.3 Å². The Morgan fingerprint density at radius 2 is 2.03 bits per heavy atom. The van der Waals surface area contributed by atoms with Gasteiger partial charge in [-0.05, 0) is 25.6 Å². The van der Waals surface area contributed by atoms with Gasteiger partial charge in [0.05, 0.1) is 31.1 Å². The summed E-state index contributed by atoms with van der Waals surface area (Å²) in [4.78, 5) is 21.9. The molecular formula is C23H27F3N6O3. The molecule has 1 fully saturated rings. The van der Waals surface area contributed by atoms with E-state index in [-0.39, 0.29) is 23.2 Å². The van der Waals surface area contributed by atoms with Gasteiger partial charge in [0.15, 0.2) is 0 Å². The molecule has 0 radical (unpaired) electrons. The highest BCUT2D eigenvalue weighted by Crippen LogP contribution is 2.43. The number of carbonyl (C=O) groups excluding carboxylic acids is 1. The van der Waals surface area contributed by atoms with Gasteiger partial charge in [-0.15, -0.1) is 0 Å². The molecule has 1 amide bonds. The Hall–Kier alpha value is -3.25. The van der Waals surface area contributed by atoms with Crippen LogP contribution in [0.4, 0.5) is 24.7 Å². The third-order valence-corrected chi connectivity index (χ3v) is 6.43. The minimum atomic E-state index is -4.53. The summed E-state index contributed by atoms with van der Waals surface area (Å²) in [6.07, 6.45) is -3.01. The number of morpholine rings is 1. The topological polar surface area (TPSA) is 103 Å². The van der Waals surface area contributed by atoms with Gasteiger partial charge in [-0.3, -0.25) is 10.1 Å². The minimum Gasteiger partial charge on any atom is -0.491 e. The number of rotatable bonds is 4. The molecule has 1 aromatic carbocycles. The van der Waals surface area contributed by atoms with Crippen LogP contribution in [0, 0.1) is 0 Å². The van der Waals surface area contributed by atoms with Crippen molar-refractivity contribution in [1.82, 2.24) is 20.5 Å². The first-order chi connectivity index (χ1) is 16.7. The van der Waals surface area contributed by atoms with Crippen LogP contribution < -0.4 is 20.7 Å². The van der Waals surface area contributed by atoms with Gasteiger partial charge in [0, 0.05) is 42.4 Å². The van der Waals surface area contributed by atoms with Crippen molar-refractivity contribution in [1.29, 1.82) is 0 Å². The summed E-state index contributed by atoms with van der Waals surface area (Å²) in [5, 5.41) is 9.34. The Bertz CT molecular complexity index is 1170. The van der Waals surface area contributed by atoms with Crippen LogP contribution in [-0.2, 0) is 23.0 Å². The number of aromatic nitrogens is 1. The predicted octanol–water partition coefficient (Wildman–Crippen LogP) is 2.93. The average molecular weight is 493 g/mol. The first-order valence-electron chi connectivity index (χ1n) is 11.5. The minimum absolute atomic E-state index is 0.00494. The van der Waals surface area contributed by atoms with E-state index in [1.54, 1.807) is 24.0 Å². The van der Waals surface area contributed by atoms with E-state index >= 15 is 0 Å². The number of hydrogen-bond donors (Lipinski definition) is 4. The number of fused-ring (bicyclic) bond motifs is 2. The van der Waals surface area contributed by atoms with Gasteiger partial charge in [0.1, 0.15) is 17.2 Å². The summed E-state index contributed by atoms with van der Waals surface area (Å²) in [6.45, 7) is 6.41. The van der Waals surface area contributed by atoms with E-state index in [0.717, 1.165) is 11.8 Å². The van der Waals surface area contributed by atoms with Crippen LogP contribution in [-0.4, -0.2) is 61.2 Å². The summed E-state index contributed by atoms with van der Waals surface area (Å²) in [5.74, 6) is 0.845. The van der Waals surface area contributed by atoms with Gasteiger partial charge in [-0.2, -0.15) is 18.2 Å². The summed E-state index contributed by atoms with van der Waals surface area (Å²) in [5.41, 5.74) is -0.0337. The molecule has 1 atom stereocenters. The van der Waals surface area contributed by atoms with Crippen molar-refractivity contribution in [2.45, 2.75) is 32.1 Å². The number of carbonyl (C=O) groups is 1. The molecule has 0 spiro atoms. The van der Waals surface area contributed by atoms with Crippen molar-refractivity contribution in [3.05, 3.63) is 40.6 Å². The summed E-state index contributed by atoms with van der Waals surface area (Å²) < 4.78 is 52.1. The monoisotopic (exact) mass is 492 g/mol. The third kappa shape index (κ3) is 4.20. The lowest BCUT2D eigenvalue weighted by atomic mass is 9.97. The predicted molar refractivity (Wildman–Crippen MR) is 123 cm³/mol. The van der Waals surface area contributed by atoms with E-state index < -0.39 is 17.4 Å². The number of nitrogens with one attached hydrogen (secondary N) is 4. The van der Waals surface area contributed by atoms with Crippen molar-refractivity contribution >= 4 is 23.4 Å². The molecule has 0 bridgehead atoms. The molecule has 5 rings (SSSR count). The smallest absolute Gasteiger partial charge is 0.418 e. The van der Waals surface area contributed by atoms with Gasteiger partial charge >= 0.3 is 6.18 Å². The Morgan fingerprint density at radius 3 is 2.74 bits per heavy atom. The largest absolute Gasteiger partial charge is 0.491 e. The number of aliphatic imine (C=N–C) groups is 1. The molecule has 0 aliphatic carbocycles. The van der Waals surface area contributed by atoms with Crippen molar-refractivity contribution in [3.8, 4) is 5.75 Å². The zero-order valence-electron chi connectivity index (χ0n) is 19.4. The fourth-order valence-corrected chi connectivity index (χ4v) is 4.87. The van der Waals surface area contributed by atoms with Crippen molar-refractivity contribution in [2.75, 3.05) is 44.8 Å². The third-order valence-electron chi connectivity index (χ3n) is 6.43. The van der Waals surface area contributed by atoms with Gasteiger partial charge in [-0.1, -0.05) is 6.92 Å². The molecule has 0 saturated carbocycles. The number of ether oxygens (including phenoxy) is 2. The second-order valence-electron chi connectivity index (χ2n) is 8.76. The lowest BCUT2D eigenvalue weighted by Gasteiger charge is -2.37. The number of anilines is 1. The lowest BCUT2D eigenvalue weighted by Crippen LogP contribution is -2.57. The van der Waals surface area contributed by atoms with Crippen LogP contribution in [0.3, 0.4) is 0 Å². The Morgan fingerprint density at radius 1 is 1.26 bits per heavy atom. The van der Waals surface area contributed by atoms with Crippen LogP contribution in [0.25, 0.3) is 0 Å². The number of alkyl halides is 3. The highest BCUT2D eigenvalue weighted by Gasteiger charge is 2.45. The van der Waals surface area contributed by atoms with Crippen molar-refractivity contribution in [2.24, 2.45) is 4.99 Å². The molecule has 188 valence electrons. The second-order valence-corrected chi connectivity index (χ2v) is 8.76. The summed E-state index contributed by atoms with van der Waals surface area (Å²) in [7, 11) is 0. The first-order valence-corrected chi connectivity index (χ1v) is 11.5. The number of nitrogens with zero attached hydrogens (tertiary/aromatic N) is 2. The summed E-state index contributed by atoms with van der Waals surface area (Å²) >= 11 is 0. The van der Waals surface area contributed by atoms with Gasteiger partial charge < -0.3 is 30.0 Å². The lowest BCUT2D eigenvalue weighted by molar-refractivity contribution is -0.138. The number of amides is 1. The van der Waals surface area contributed by atoms with Crippen molar-refractivity contribution in [3.63, 3.8) is 0 Å². The molecule has 2 aromatic rings. The zero-order chi connectivity index (χ0) is 24.8. The van der Waals surface area contributed by atoms with Crippen LogP contribution >= 0.6 is 0 Å². The fourth-order valence-electron chi connectivity index (χ4n) is 4.87. The van der Waals surface area contributed by atoms with E-state index in [9.17, 15) is 18.0 Å². The van der Waals surface area contributed by atoms with E-state index in [4.69, 9.17) is 9.47 Å². The van der Waals surface area contributed by atoms with E-state index in [1.165, 1.54) is 0 Å². The number of hydrogen-bond acceptors (Lipinski definition) is 7. The molecule has 3 aliphatic rings. The number of aromatic amines is 1. The quantitative estimate of drug-likeness (QED) is 0.524. The van der Waals surface area contributed by atoms with Crippen LogP contribution in [0.1, 0.15) is 40.9 Å². The van der Waals surface area contributed by atoms with Crippen LogP contribution in [0.5, 0.6) is 5.75 Å². The molecule has 12 heteroatoms. The Kier molecular flexibility index (Phi) is 5.88. The highest BCUT2D eigenvalue weighted by atomic mass is 19.4. The average Bonchev–Trinajstić information content (AvgIpc) is 3.48. The SMILES string of the molecule is CCNC1(C)NC(Nc2ccc(C(=O)N3CCOCC3)c3c2OCC3)=Nc2[nH]cc(C(F)(F)F)c21.